The molecule has 0 atom stereocenters. The van der Waals surface area contributed by atoms with Crippen molar-refractivity contribution in [2.75, 3.05) is 12.3 Å². The number of benzene rings is 1. The van der Waals surface area contributed by atoms with Gasteiger partial charge in [0, 0.05) is 28.3 Å². The Bertz CT molecular complexity index is 692. The second-order valence-corrected chi connectivity index (χ2v) is 7.76. The summed E-state index contributed by atoms with van der Waals surface area (Å²) in [5.74, 6) is -0.981. The third-order valence-corrected chi connectivity index (χ3v) is 5.95. The van der Waals surface area contributed by atoms with E-state index in [0.717, 1.165) is 40.4 Å². The minimum absolute atomic E-state index is 0.131. The number of hydrogen-bond donors (Lipinski definition) is 0. The molecule has 1 aromatic rings. The molecule has 1 saturated carbocycles. The van der Waals surface area contributed by atoms with E-state index in [1.807, 2.05) is 0 Å². The van der Waals surface area contributed by atoms with Crippen LogP contribution in [0.25, 0.3) is 0 Å². The van der Waals surface area contributed by atoms with E-state index in [0.29, 0.717) is 15.8 Å². The second-order valence-electron chi connectivity index (χ2n) is 5.78. The zero-order chi connectivity index (χ0) is 17.3. The lowest BCUT2D eigenvalue weighted by molar-refractivity contribution is -0.143. The highest BCUT2D eigenvalue weighted by Gasteiger charge is 2.47. The van der Waals surface area contributed by atoms with Crippen LogP contribution in [0.2, 0.25) is 10.0 Å². The number of hydrogen-bond acceptors (Lipinski definition) is 4. The second kappa shape index (κ2) is 7.33. The Hall–Kier alpha value is -1.24. The lowest BCUT2D eigenvalue weighted by Crippen LogP contribution is -2.40. The molecule has 5 nitrogen and oxygen atoms in total. The summed E-state index contributed by atoms with van der Waals surface area (Å²) >= 11 is 13.4. The van der Waals surface area contributed by atoms with Gasteiger partial charge in [-0.1, -0.05) is 36.0 Å². The molecule has 3 rings (SSSR count). The molecule has 0 radical (unpaired) electrons. The standard InChI is InChI=1S/C16H16Cl2N2O3S/c17-10-5-6-12(18)13(9-10)24-8-7-19-14(21)15(22)20(16(19)23)11-3-1-2-4-11/h5-6,9,11H,1-4,7-8H2. The summed E-state index contributed by atoms with van der Waals surface area (Å²) in [6, 6.07) is 4.50. The Balaban J connectivity index is 1.62. The first-order chi connectivity index (χ1) is 11.5. The topological polar surface area (TPSA) is 57.7 Å². The fourth-order valence-corrected chi connectivity index (χ4v) is 4.47. The SMILES string of the molecule is O=C1C(=O)N(C2CCCC2)C(=O)N1CCSc1cc(Cl)ccc1Cl. The molecule has 2 aliphatic rings. The van der Waals surface area contributed by atoms with Crippen molar-refractivity contribution in [2.24, 2.45) is 0 Å². The molecule has 0 aromatic heterocycles. The van der Waals surface area contributed by atoms with Crippen molar-refractivity contribution in [3.63, 3.8) is 0 Å². The van der Waals surface area contributed by atoms with Gasteiger partial charge in [-0.2, -0.15) is 0 Å². The van der Waals surface area contributed by atoms with Crippen LogP contribution in [0, 0.1) is 0 Å². The van der Waals surface area contributed by atoms with Gasteiger partial charge in [0.2, 0.25) is 0 Å². The van der Waals surface area contributed by atoms with Gasteiger partial charge in [-0.15, -0.1) is 11.8 Å². The van der Waals surface area contributed by atoms with Crippen LogP contribution >= 0.6 is 35.0 Å². The van der Waals surface area contributed by atoms with Gasteiger partial charge in [-0.3, -0.25) is 19.4 Å². The Kier molecular flexibility index (Phi) is 5.37. The number of thioether (sulfide) groups is 1. The predicted octanol–water partition coefficient (Wildman–Crippen LogP) is 3.82. The van der Waals surface area contributed by atoms with E-state index in [4.69, 9.17) is 23.2 Å². The highest BCUT2D eigenvalue weighted by Crippen LogP contribution is 2.31. The molecule has 1 aliphatic carbocycles. The van der Waals surface area contributed by atoms with Crippen LogP contribution in [0.5, 0.6) is 0 Å². The number of rotatable bonds is 5. The zero-order valence-corrected chi connectivity index (χ0v) is 15.2. The van der Waals surface area contributed by atoms with Crippen LogP contribution in [-0.2, 0) is 9.59 Å². The molecule has 1 saturated heterocycles. The van der Waals surface area contributed by atoms with E-state index in [9.17, 15) is 14.4 Å². The fourth-order valence-electron chi connectivity index (χ4n) is 3.04. The first-order valence-electron chi connectivity index (χ1n) is 7.76. The molecular formula is C16H16Cl2N2O3S. The van der Waals surface area contributed by atoms with Crippen molar-refractivity contribution in [1.82, 2.24) is 9.80 Å². The predicted molar refractivity (Wildman–Crippen MR) is 93.4 cm³/mol. The average Bonchev–Trinajstić information content (AvgIpc) is 3.14. The van der Waals surface area contributed by atoms with Gasteiger partial charge < -0.3 is 0 Å². The Labute approximate surface area is 154 Å². The molecule has 1 aromatic carbocycles. The third-order valence-electron chi connectivity index (χ3n) is 4.24. The van der Waals surface area contributed by atoms with Gasteiger partial charge >= 0.3 is 17.8 Å². The van der Waals surface area contributed by atoms with E-state index in [1.54, 1.807) is 18.2 Å². The van der Waals surface area contributed by atoms with Crippen LogP contribution in [0.15, 0.2) is 23.1 Å². The molecule has 1 heterocycles. The lowest BCUT2D eigenvalue weighted by Gasteiger charge is -2.21. The molecular weight excluding hydrogens is 371 g/mol. The van der Waals surface area contributed by atoms with Crippen LogP contribution in [0.4, 0.5) is 4.79 Å². The first kappa shape index (κ1) is 17.6. The summed E-state index contributed by atoms with van der Waals surface area (Å²) in [7, 11) is 0. The van der Waals surface area contributed by atoms with Crippen molar-refractivity contribution >= 4 is 52.8 Å². The van der Waals surface area contributed by atoms with Gasteiger partial charge in [0.15, 0.2) is 0 Å². The summed E-state index contributed by atoms with van der Waals surface area (Å²) in [5.41, 5.74) is 0. The van der Waals surface area contributed by atoms with E-state index in [1.165, 1.54) is 11.8 Å². The summed E-state index contributed by atoms with van der Waals surface area (Å²) in [4.78, 5) is 39.6. The van der Waals surface area contributed by atoms with Crippen molar-refractivity contribution in [1.29, 1.82) is 0 Å². The molecule has 128 valence electrons. The number of carbonyl (C=O) groups is 3. The minimum Gasteiger partial charge on any atom is -0.263 e. The van der Waals surface area contributed by atoms with Crippen LogP contribution in [0.1, 0.15) is 25.7 Å². The molecule has 0 bridgehead atoms. The van der Waals surface area contributed by atoms with Gasteiger partial charge in [-0.25, -0.2) is 4.79 Å². The lowest BCUT2D eigenvalue weighted by atomic mass is 10.2. The molecule has 0 spiro atoms. The molecule has 2 fully saturated rings. The van der Waals surface area contributed by atoms with Gasteiger partial charge in [-0.05, 0) is 31.0 Å². The summed E-state index contributed by atoms with van der Waals surface area (Å²) < 4.78 is 0. The number of halogens is 2. The maximum Gasteiger partial charge on any atom is 0.334 e. The van der Waals surface area contributed by atoms with Crippen LogP contribution in [0.3, 0.4) is 0 Å². The number of nitrogens with zero attached hydrogens (tertiary/aromatic N) is 2. The Morgan fingerprint density at radius 3 is 2.50 bits per heavy atom. The van der Waals surface area contributed by atoms with Crippen LogP contribution in [-0.4, -0.2) is 46.0 Å². The number of imide groups is 2. The molecule has 8 heteroatoms. The molecule has 0 unspecified atom stereocenters. The van der Waals surface area contributed by atoms with E-state index < -0.39 is 17.8 Å². The highest BCUT2D eigenvalue weighted by atomic mass is 35.5. The van der Waals surface area contributed by atoms with Crippen molar-refractivity contribution < 1.29 is 14.4 Å². The van der Waals surface area contributed by atoms with E-state index >= 15 is 0 Å². The Morgan fingerprint density at radius 2 is 1.79 bits per heavy atom. The summed E-state index contributed by atoms with van der Waals surface area (Å²) in [5, 5.41) is 1.13. The van der Waals surface area contributed by atoms with Crippen LogP contribution < -0.4 is 0 Å². The largest absolute Gasteiger partial charge is 0.334 e. The number of carbonyl (C=O) groups excluding carboxylic acids is 3. The smallest absolute Gasteiger partial charge is 0.263 e. The number of urea groups is 1. The monoisotopic (exact) mass is 386 g/mol. The number of amides is 4. The van der Waals surface area contributed by atoms with E-state index in [-0.39, 0.29) is 12.6 Å². The zero-order valence-electron chi connectivity index (χ0n) is 12.8. The average molecular weight is 387 g/mol. The molecule has 4 amide bonds. The quantitative estimate of drug-likeness (QED) is 0.438. The first-order valence-corrected chi connectivity index (χ1v) is 9.50. The fraction of sp³-hybridized carbons (Fsp3) is 0.438. The van der Waals surface area contributed by atoms with Crippen molar-refractivity contribution in [2.45, 2.75) is 36.6 Å². The van der Waals surface area contributed by atoms with Gasteiger partial charge in [0.05, 0.1) is 5.02 Å². The van der Waals surface area contributed by atoms with Crippen molar-refractivity contribution in [3.05, 3.63) is 28.2 Å². The Morgan fingerprint density at radius 1 is 1.08 bits per heavy atom. The van der Waals surface area contributed by atoms with E-state index in [2.05, 4.69) is 0 Å². The summed E-state index contributed by atoms with van der Waals surface area (Å²) in [6.07, 6.45) is 3.54. The molecule has 1 aliphatic heterocycles. The summed E-state index contributed by atoms with van der Waals surface area (Å²) in [6.45, 7) is 0.167. The van der Waals surface area contributed by atoms with Gasteiger partial charge in [0.1, 0.15) is 0 Å². The highest BCUT2D eigenvalue weighted by molar-refractivity contribution is 7.99. The third kappa shape index (κ3) is 3.41. The normalized spacial score (nSPS) is 19.0. The molecule has 24 heavy (non-hydrogen) atoms. The maximum absolute atomic E-state index is 12.4. The minimum atomic E-state index is -0.732. The molecule has 0 N–H and O–H groups in total. The van der Waals surface area contributed by atoms with Crippen molar-refractivity contribution in [3.8, 4) is 0 Å². The van der Waals surface area contributed by atoms with Gasteiger partial charge in [0.25, 0.3) is 0 Å². The maximum atomic E-state index is 12.4.